The Kier molecular flexibility index (Phi) is 5.01. The van der Waals surface area contributed by atoms with Crippen molar-refractivity contribution in [1.82, 2.24) is 0 Å². The van der Waals surface area contributed by atoms with Gasteiger partial charge < -0.3 is 4.74 Å². The monoisotopic (exact) mass is 220 g/mol. The third-order valence-electron chi connectivity index (χ3n) is 2.73. The summed E-state index contributed by atoms with van der Waals surface area (Å²) in [6.07, 6.45) is 2.35. The number of benzene rings is 1. The van der Waals surface area contributed by atoms with E-state index in [-0.39, 0.29) is 5.41 Å². The molecular formula is C15H24O. The van der Waals surface area contributed by atoms with E-state index in [1.165, 1.54) is 17.5 Å². The van der Waals surface area contributed by atoms with Crippen LogP contribution in [0.25, 0.3) is 0 Å². The number of unbranched alkanes of at least 4 members (excludes halogenated alkanes) is 1. The van der Waals surface area contributed by atoms with E-state index < -0.39 is 0 Å². The van der Waals surface area contributed by atoms with Crippen molar-refractivity contribution in [3.63, 3.8) is 0 Å². The second kappa shape index (κ2) is 6.05. The first-order valence-corrected chi connectivity index (χ1v) is 6.21. The van der Waals surface area contributed by atoms with Crippen LogP contribution in [-0.4, -0.2) is 6.61 Å². The van der Waals surface area contributed by atoms with Crippen LogP contribution >= 0.6 is 0 Å². The van der Waals surface area contributed by atoms with E-state index in [0.29, 0.717) is 0 Å². The lowest BCUT2D eigenvalue weighted by atomic mass is 9.87. The van der Waals surface area contributed by atoms with Crippen molar-refractivity contribution in [3.8, 4) is 0 Å². The molecule has 0 N–H and O–H groups in total. The van der Waals surface area contributed by atoms with E-state index in [1.807, 2.05) is 0 Å². The van der Waals surface area contributed by atoms with Gasteiger partial charge in [0.05, 0.1) is 6.61 Å². The van der Waals surface area contributed by atoms with Crippen molar-refractivity contribution < 1.29 is 4.74 Å². The minimum Gasteiger partial charge on any atom is -0.377 e. The largest absolute Gasteiger partial charge is 0.377 e. The van der Waals surface area contributed by atoms with Gasteiger partial charge in [0.1, 0.15) is 0 Å². The molecule has 0 aromatic heterocycles. The average Bonchev–Trinajstić information content (AvgIpc) is 2.24. The molecule has 0 spiro atoms. The quantitative estimate of drug-likeness (QED) is 0.672. The first kappa shape index (κ1) is 13.2. The molecule has 1 heteroatoms. The Balaban J connectivity index is 2.46. The Morgan fingerprint density at radius 1 is 1.06 bits per heavy atom. The van der Waals surface area contributed by atoms with Crippen LogP contribution in [0.3, 0.4) is 0 Å². The first-order chi connectivity index (χ1) is 7.54. The molecule has 1 aromatic carbocycles. The lowest BCUT2D eigenvalue weighted by molar-refractivity contribution is 0.118. The summed E-state index contributed by atoms with van der Waals surface area (Å²) in [5.74, 6) is 0. The van der Waals surface area contributed by atoms with Gasteiger partial charge >= 0.3 is 0 Å². The molecule has 16 heavy (non-hydrogen) atoms. The normalized spacial score (nSPS) is 11.8. The van der Waals surface area contributed by atoms with Gasteiger partial charge in [-0.1, -0.05) is 58.4 Å². The molecule has 1 nitrogen and oxygen atoms in total. The van der Waals surface area contributed by atoms with Crippen molar-refractivity contribution in [2.24, 2.45) is 0 Å². The van der Waals surface area contributed by atoms with E-state index in [0.717, 1.165) is 19.6 Å². The first-order valence-electron chi connectivity index (χ1n) is 6.21. The summed E-state index contributed by atoms with van der Waals surface area (Å²) in [5.41, 5.74) is 2.88. The second-order valence-electron chi connectivity index (χ2n) is 5.35. The smallest absolute Gasteiger partial charge is 0.0716 e. The molecular weight excluding hydrogens is 196 g/mol. The number of hydrogen-bond donors (Lipinski definition) is 0. The predicted molar refractivity (Wildman–Crippen MR) is 69.7 cm³/mol. The van der Waals surface area contributed by atoms with Crippen LogP contribution in [-0.2, 0) is 16.8 Å². The maximum Gasteiger partial charge on any atom is 0.0716 e. The molecule has 0 saturated carbocycles. The molecule has 1 aromatic rings. The highest BCUT2D eigenvalue weighted by Gasteiger charge is 2.12. The standard InChI is InChI=1S/C15H24O/c1-5-6-11-16-12-13-7-9-14(10-8-13)15(2,3)4/h7-10H,5-6,11-12H2,1-4H3. The highest BCUT2D eigenvalue weighted by Crippen LogP contribution is 2.22. The van der Waals surface area contributed by atoms with Crippen LogP contribution in [0.15, 0.2) is 24.3 Å². The lowest BCUT2D eigenvalue weighted by Crippen LogP contribution is -2.10. The Morgan fingerprint density at radius 3 is 2.19 bits per heavy atom. The number of hydrogen-bond acceptors (Lipinski definition) is 1. The van der Waals surface area contributed by atoms with E-state index >= 15 is 0 Å². The molecule has 0 unspecified atom stereocenters. The summed E-state index contributed by atoms with van der Waals surface area (Å²) in [5, 5.41) is 0. The van der Waals surface area contributed by atoms with Crippen LogP contribution < -0.4 is 0 Å². The Bertz CT molecular complexity index is 292. The maximum atomic E-state index is 5.59. The van der Waals surface area contributed by atoms with E-state index in [2.05, 4.69) is 52.0 Å². The summed E-state index contributed by atoms with van der Waals surface area (Å²) >= 11 is 0. The highest BCUT2D eigenvalue weighted by molar-refractivity contribution is 5.27. The molecule has 0 aliphatic carbocycles. The molecule has 0 heterocycles. The fraction of sp³-hybridized carbons (Fsp3) is 0.600. The van der Waals surface area contributed by atoms with Crippen LogP contribution in [0.4, 0.5) is 0 Å². The molecule has 0 amide bonds. The van der Waals surface area contributed by atoms with Crippen LogP contribution in [0.5, 0.6) is 0 Å². The van der Waals surface area contributed by atoms with Gasteiger partial charge in [0.25, 0.3) is 0 Å². The molecule has 0 aliphatic heterocycles. The molecule has 0 aliphatic rings. The van der Waals surface area contributed by atoms with Crippen molar-refractivity contribution in [2.75, 3.05) is 6.61 Å². The third-order valence-corrected chi connectivity index (χ3v) is 2.73. The zero-order valence-electron chi connectivity index (χ0n) is 11.0. The molecule has 0 atom stereocenters. The lowest BCUT2D eigenvalue weighted by Gasteiger charge is -2.19. The van der Waals surface area contributed by atoms with Gasteiger partial charge in [0.15, 0.2) is 0 Å². The predicted octanol–water partition coefficient (Wildman–Crippen LogP) is 4.30. The Morgan fingerprint density at radius 2 is 1.69 bits per heavy atom. The van der Waals surface area contributed by atoms with Crippen molar-refractivity contribution in [2.45, 2.75) is 52.6 Å². The molecule has 0 saturated heterocycles. The van der Waals surface area contributed by atoms with Crippen molar-refractivity contribution in [3.05, 3.63) is 35.4 Å². The summed E-state index contributed by atoms with van der Waals surface area (Å²) < 4.78 is 5.59. The van der Waals surface area contributed by atoms with Gasteiger partial charge in [0, 0.05) is 6.61 Å². The van der Waals surface area contributed by atoms with Gasteiger partial charge in [-0.3, -0.25) is 0 Å². The van der Waals surface area contributed by atoms with E-state index in [4.69, 9.17) is 4.74 Å². The second-order valence-corrected chi connectivity index (χ2v) is 5.35. The fourth-order valence-corrected chi connectivity index (χ4v) is 1.54. The minimum atomic E-state index is 0.238. The molecule has 0 fully saturated rings. The van der Waals surface area contributed by atoms with Crippen LogP contribution in [0.2, 0.25) is 0 Å². The van der Waals surface area contributed by atoms with Gasteiger partial charge in [-0.15, -0.1) is 0 Å². The molecule has 1 rings (SSSR count). The van der Waals surface area contributed by atoms with Gasteiger partial charge in [0.2, 0.25) is 0 Å². The minimum absolute atomic E-state index is 0.238. The summed E-state index contributed by atoms with van der Waals surface area (Å²) in [6.45, 7) is 10.5. The van der Waals surface area contributed by atoms with Crippen LogP contribution in [0.1, 0.15) is 51.7 Å². The van der Waals surface area contributed by atoms with Gasteiger partial charge in [-0.05, 0) is 23.0 Å². The summed E-state index contributed by atoms with van der Waals surface area (Å²) in [6, 6.07) is 8.76. The number of ether oxygens (including phenoxy) is 1. The number of rotatable bonds is 5. The zero-order chi connectivity index (χ0) is 12.0. The average molecular weight is 220 g/mol. The van der Waals surface area contributed by atoms with Crippen molar-refractivity contribution >= 4 is 0 Å². The Labute approximate surface area is 99.8 Å². The Hall–Kier alpha value is -0.820. The zero-order valence-corrected chi connectivity index (χ0v) is 11.0. The maximum absolute atomic E-state index is 5.59. The third kappa shape index (κ3) is 4.36. The molecule has 0 radical (unpaired) electrons. The molecule has 90 valence electrons. The van der Waals surface area contributed by atoms with Crippen molar-refractivity contribution in [1.29, 1.82) is 0 Å². The molecule has 0 bridgehead atoms. The van der Waals surface area contributed by atoms with Gasteiger partial charge in [-0.25, -0.2) is 0 Å². The van der Waals surface area contributed by atoms with E-state index in [1.54, 1.807) is 0 Å². The highest BCUT2D eigenvalue weighted by atomic mass is 16.5. The fourth-order valence-electron chi connectivity index (χ4n) is 1.54. The topological polar surface area (TPSA) is 9.23 Å². The van der Waals surface area contributed by atoms with E-state index in [9.17, 15) is 0 Å². The summed E-state index contributed by atoms with van der Waals surface area (Å²) in [7, 11) is 0. The summed E-state index contributed by atoms with van der Waals surface area (Å²) in [4.78, 5) is 0. The SMILES string of the molecule is CCCCOCc1ccc(C(C)(C)C)cc1. The van der Waals surface area contributed by atoms with Gasteiger partial charge in [-0.2, -0.15) is 0 Å². The van der Waals surface area contributed by atoms with Crippen LogP contribution in [0, 0.1) is 0 Å².